The van der Waals surface area contributed by atoms with Gasteiger partial charge in [-0.1, -0.05) is 31.2 Å². The van der Waals surface area contributed by atoms with Gasteiger partial charge in [-0.25, -0.2) is 4.98 Å². The number of aryl methyl sites for hydroxylation is 2. The number of H-pyrrole nitrogens is 1. The van der Waals surface area contributed by atoms with Gasteiger partial charge in [0.05, 0.1) is 5.39 Å². The van der Waals surface area contributed by atoms with Crippen molar-refractivity contribution in [1.82, 2.24) is 9.97 Å². The zero-order chi connectivity index (χ0) is 18.3. The number of aromatic amines is 1. The SMILES string of the molecule is Cc1ccccc1C[NH2+][C@@H](C)c1nc2sc3c(c2c(=O)[nH]1)CC[C@H](C)C3. The maximum atomic E-state index is 12.7. The van der Waals surface area contributed by atoms with Gasteiger partial charge in [0.15, 0.2) is 5.82 Å². The molecule has 0 unspecified atom stereocenters. The molecule has 0 fully saturated rings. The molecule has 0 radical (unpaired) electrons. The van der Waals surface area contributed by atoms with Gasteiger partial charge in [0.25, 0.3) is 5.56 Å². The first-order valence-corrected chi connectivity index (χ1v) is 10.3. The van der Waals surface area contributed by atoms with Crippen molar-refractivity contribution in [2.45, 2.75) is 52.6 Å². The van der Waals surface area contributed by atoms with Gasteiger partial charge in [0.1, 0.15) is 17.4 Å². The highest BCUT2D eigenvalue weighted by Crippen LogP contribution is 2.35. The molecule has 2 aromatic heterocycles. The lowest BCUT2D eigenvalue weighted by Crippen LogP contribution is -2.83. The summed E-state index contributed by atoms with van der Waals surface area (Å²) in [4.78, 5) is 22.9. The first-order valence-electron chi connectivity index (χ1n) is 9.45. The molecule has 1 aliphatic rings. The van der Waals surface area contributed by atoms with E-state index in [0.717, 1.165) is 35.4 Å². The Morgan fingerprint density at radius 2 is 2.19 bits per heavy atom. The summed E-state index contributed by atoms with van der Waals surface area (Å²) >= 11 is 1.72. The van der Waals surface area contributed by atoms with E-state index in [0.29, 0.717) is 5.92 Å². The molecular formula is C21H26N3OS+. The number of aromatic nitrogens is 2. The van der Waals surface area contributed by atoms with Crippen LogP contribution in [0.1, 0.15) is 53.7 Å². The maximum absolute atomic E-state index is 12.7. The molecule has 1 aliphatic carbocycles. The molecule has 0 saturated carbocycles. The molecule has 26 heavy (non-hydrogen) atoms. The predicted octanol–water partition coefficient (Wildman–Crippen LogP) is 3.24. The summed E-state index contributed by atoms with van der Waals surface area (Å²) in [5.41, 5.74) is 3.91. The van der Waals surface area contributed by atoms with Gasteiger partial charge in [-0.15, -0.1) is 11.3 Å². The first-order chi connectivity index (χ1) is 12.5. The standard InChI is InChI=1S/C21H25N3OS/c1-12-8-9-16-17(10-12)26-21-18(16)20(25)23-19(24-21)14(3)22-11-15-7-5-4-6-13(15)2/h4-7,12,14,22H,8-11H2,1-3H3,(H,23,24,25)/p+1/t12-,14-/m0/s1. The molecule has 2 heterocycles. The number of benzene rings is 1. The number of thiophene rings is 1. The van der Waals surface area contributed by atoms with Crippen molar-refractivity contribution < 1.29 is 5.32 Å². The molecule has 2 atom stereocenters. The number of nitrogens with one attached hydrogen (secondary N) is 1. The van der Waals surface area contributed by atoms with Crippen molar-refractivity contribution in [2.75, 3.05) is 0 Å². The van der Waals surface area contributed by atoms with Crippen LogP contribution in [0.3, 0.4) is 0 Å². The maximum Gasteiger partial charge on any atom is 0.260 e. The molecule has 0 aliphatic heterocycles. The number of quaternary nitrogens is 1. The highest BCUT2D eigenvalue weighted by atomic mass is 32.1. The van der Waals surface area contributed by atoms with Crippen LogP contribution in [0.25, 0.3) is 10.2 Å². The molecule has 0 amide bonds. The molecule has 4 nitrogen and oxygen atoms in total. The van der Waals surface area contributed by atoms with Crippen LogP contribution in [-0.4, -0.2) is 9.97 Å². The average molecular weight is 369 g/mol. The Labute approximate surface area is 157 Å². The van der Waals surface area contributed by atoms with E-state index in [2.05, 4.69) is 55.3 Å². The van der Waals surface area contributed by atoms with Crippen molar-refractivity contribution in [3.05, 3.63) is 62.0 Å². The van der Waals surface area contributed by atoms with Crippen molar-refractivity contribution in [1.29, 1.82) is 0 Å². The lowest BCUT2D eigenvalue weighted by molar-refractivity contribution is -0.709. The molecular weight excluding hydrogens is 342 g/mol. The van der Waals surface area contributed by atoms with Crippen molar-refractivity contribution in [2.24, 2.45) is 5.92 Å². The molecule has 0 bridgehead atoms. The summed E-state index contributed by atoms with van der Waals surface area (Å²) in [5.74, 6) is 1.48. The van der Waals surface area contributed by atoms with E-state index in [1.54, 1.807) is 11.3 Å². The van der Waals surface area contributed by atoms with Crippen LogP contribution in [-0.2, 0) is 19.4 Å². The Balaban J connectivity index is 1.61. The van der Waals surface area contributed by atoms with E-state index < -0.39 is 0 Å². The topological polar surface area (TPSA) is 62.4 Å². The van der Waals surface area contributed by atoms with Crippen LogP contribution in [0.2, 0.25) is 0 Å². The molecule has 4 rings (SSSR count). The van der Waals surface area contributed by atoms with Gasteiger partial charge >= 0.3 is 0 Å². The quantitative estimate of drug-likeness (QED) is 0.743. The zero-order valence-electron chi connectivity index (χ0n) is 15.6. The summed E-state index contributed by atoms with van der Waals surface area (Å²) in [5, 5.41) is 3.08. The Morgan fingerprint density at radius 3 is 3.00 bits per heavy atom. The molecule has 1 aromatic carbocycles. The second-order valence-electron chi connectivity index (χ2n) is 7.64. The van der Waals surface area contributed by atoms with Crippen LogP contribution in [0.4, 0.5) is 0 Å². The number of fused-ring (bicyclic) bond motifs is 3. The van der Waals surface area contributed by atoms with Gasteiger partial charge < -0.3 is 10.3 Å². The van der Waals surface area contributed by atoms with E-state index in [9.17, 15) is 4.79 Å². The van der Waals surface area contributed by atoms with Crippen LogP contribution in [0.15, 0.2) is 29.1 Å². The van der Waals surface area contributed by atoms with E-state index in [-0.39, 0.29) is 11.6 Å². The van der Waals surface area contributed by atoms with Crippen LogP contribution < -0.4 is 10.9 Å². The molecule has 5 heteroatoms. The summed E-state index contributed by atoms with van der Waals surface area (Å²) in [7, 11) is 0. The number of nitrogens with two attached hydrogens (primary N) is 1. The number of hydrogen-bond donors (Lipinski definition) is 2. The third kappa shape index (κ3) is 3.21. The molecule has 0 spiro atoms. The third-order valence-electron chi connectivity index (χ3n) is 5.57. The first kappa shape index (κ1) is 17.4. The minimum absolute atomic E-state index is 0.0354. The van der Waals surface area contributed by atoms with E-state index in [1.807, 2.05) is 0 Å². The van der Waals surface area contributed by atoms with Gasteiger partial charge in [-0.3, -0.25) is 4.79 Å². The van der Waals surface area contributed by atoms with Gasteiger partial charge in [0, 0.05) is 10.4 Å². The van der Waals surface area contributed by atoms with E-state index in [1.165, 1.54) is 28.0 Å². The second-order valence-corrected chi connectivity index (χ2v) is 8.72. The Bertz CT molecular complexity index is 1000. The van der Waals surface area contributed by atoms with Crippen LogP contribution in [0, 0.1) is 12.8 Å². The number of nitrogens with zero attached hydrogens (tertiary/aromatic N) is 1. The molecule has 136 valence electrons. The molecule has 3 aromatic rings. The fourth-order valence-corrected chi connectivity index (χ4v) is 5.23. The van der Waals surface area contributed by atoms with Gasteiger partial charge in [-0.2, -0.15) is 0 Å². The Morgan fingerprint density at radius 1 is 1.38 bits per heavy atom. The van der Waals surface area contributed by atoms with Crippen molar-refractivity contribution in [3.63, 3.8) is 0 Å². The largest absolute Gasteiger partial charge is 0.334 e. The van der Waals surface area contributed by atoms with E-state index >= 15 is 0 Å². The minimum Gasteiger partial charge on any atom is -0.334 e. The third-order valence-corrected chi connectivity index (χ3v) is 6.72. The van der Waals surface area contributed by atoms with Crippen LogP contribution >= 0.6 is 11.3 Å². The van der Waals surface area contributed by atoms with Crippen LogP contribution in [0.5, 0.6) is 0 Å². The number of hydrogen-bond acceptors (Lipinski definition) is 3. The summed E-state index contributed by atoms with van der Waals surface area (Å²) < 4.78 is 0. The Kier molecular flexibility index (Phi) is 4.67. The molecule has 0 saturated heterocycles. The summed E-state index contributed by atoms with van der Waals surface area (Å²) in [6, 6.07) is 8.55. The summed E-state index contributed by atoms with van der Waals surface area (Å²) in [6.07, 6.45) is 3.26. The van der Waals surface area contributed by atoms with Gasteiger partial charge in [-0.05, 0) is 50.2 Å². The highest BCUT2D eigenvalue weighted by molar-refractivity contribution is 7.18. The lowest BCUT2D eigenvalue weighted by Gasteiger charge is -2.17. The monoisotopic (exact) mass is 368 g/mol. The van der Waals surface area contributed by atoms with Crippen molar-refractivity contribution in [3.8, 4) is 0 Å². The zero-order valence-corrected chi connectivity index (χ0v) is 16.5. The second kappa shape index (κ2) is 6.97. The van der Waals surface area contributed by atoms with Gasteiger partial charge in [0.2, 0.25) is 0 Å². The average Bonchev–Trinajstić information content (AvgIpc) is 2.98. The summed E-state index contributed by atoms with van der Waals surface area (Å²) in [6.45, 7) is 7.42. The normalized spacial score (nSPS) is 18.0. The lowest BCUT2D eigenvalue weighted by atomic mass is 9.89. The Hall–Kier alpha value is -1.98. The molecule has 3 N–H and O–H groups in total. The fraction of sp³-hybridized carbons (Fsp3) is 0.429. The minimum atomic E-state index is 0.0354. The predicted molar refractivity (Wildman–Crippen MR) is 107 cm³/mol. The fourth-order valence-electron chi connectivity index (χ4n) is 3.84. The smallest absolute Gasteiger partial charge is 0.260 e. The highest BCUT2D eigenvalue weighted by Gasteiger charge is 2.24. The van der Waals surface area contributed by atoms with Crippen molar-refractivity contribution >= 4 is 21.6 Å². The van der Waals surface area contributed by atoms with E-state index in [4.69, 9.17) is 4.98 Å². The number of rotatable bonds is 4.